The monoisotopic (exact) mass is 283 g/mol. The quantitative estimate of drug-likeness (QED) is 0.846. The largest absolute Gasteiger partial charge is 0.469 e. The van der Waals surface area contributed by atoms with E-state index in [4.69, 9.17) is 4.42 Å². The van der Waals surface area contributed by atoms with Crippen LogP contribution in [0.2, 0.25) is 0 Å². The van der Waals surface area contributed by atoms with E-state index in [9.17, 15) is 12.8 Å². The van der Waals surface area contributed by atoms with Crippen LogP contribution in [0.25, 0.3) is 0 Å². The molecular weight excluding hydrogens is 269 g/mol. The van der Waals surface area contributed by atoms with Crippen molar-refractivity contribution in [2.75, 3.05) is 13.6 Å². The Kier molecular flexibility index (Phi) is 4.01. The molecule has 0 N–H and O–H groups in total. The van der Waals surface area contributed by atoms with Crippen LogP contribution in [-0.2, 0) is 16.4 Å². The van der Waals surface area contributed by atoms with Crippen molar-refractivity contribution in [2.24, 2.45) is 0 Å². The molecule has 0 aliphatic rings. The number of nitrogens with zero attached hydrogens (tertiary/aromatic N) is 1. The van der Waals surface area contributed by atoms with E-state index in [1.807, 2.05) is 0 Å². The molecule has 102 valence electrons. The summed E-state index contributed by atoms with van der Waals surface area (Å²) in [5.41, 5.74) is 0. The molecule has 1 aromatic carbocycles. The van der Waals surface area contributed by atoms with Crippen LogP contribution in [0.4, 0.5) is 4.39 Å². The minimum Gasteiger partial charge on any atom is -0.469 e. The molecule has 0 fully saturated rings. The van der Waals surface area contributed by atoms with Crippen LogP contribution in [0, 0.1) is 5.82 Å². The molecule has 2 aromatic rings. The molecule has 4 nitrogen and oxygen atoms in total. The molecule has 0 saturated heterocycles. The highest BCUT2D eigenvalue weighted by Crippen LogP contribution is 2.15. The van der Waals surface area contributed by atoms with E-state index in [0.717, 1.165) is 17.9 Å². The highest BCUT2D eigenvalue weighted by molar-refractivity contribution is 7.89. The maximum absolute atomic E-state index is 12.8. The molecule has 0 bridgehead atoms. The smallest absolute Gasteiger partial charge is 0.242 e. The fraction of sp³-hybridized carbons (Fsp3) is 0.231. The molecule has 0 radical (unpaired) electrons. The molecule has 1 heterocycles. The highest BCUT2D eigenvalue weighted by Gasteiger charge is 2.20. The second-order valence-electron chi connectivity index (χ2n) is 4.11. The second-order valence-corrected chi connectivity index (χ2v) is 6.15. The molecule has 2 rings (SSSR count). The third-order valence-electron chi connectivity index (χ3n) is 2.78. The van der Waals surface area contributed by atoms with Crippen LogP contribution in [-0.4, -0.2) is 26.3 Å². The molecule has 0 atom stereocenters. The van der Waals surface area contributed by atoms with Crippen molar-refractivity contribution < 1.29 is 17.2 Å². The van der Waals surface area contributed by atoms with Crippen LogP contribution in [0.1, 0.15) is 5.76 Å². The molecular formula is C13H14FNO3S. The zero-order chi connectivity index (χ0) is 13.9. The molecule has 0 saturated carbocycles. The summed E-state index contributed by atoms with van der Waals surface area (Å²) < 4.78 is 43.5. The normalized spacial score (nSPS) is 11.9. The standard InChI is InChI=1S/C13H14FNO3S/c1-15(9-8-12-3-2-10-18-12)19(16,17)13-6-4-11(14)5-7-13/h2-7,10H,8-9H2,1H3. The minimum absolute atomic E-state index is 0.0795. The van der Waals surface area contributed by atoms with Crippen LogP contribution in [0.3, 0.4) is 0 Å². The average molecular weight is 283 g/mol. The Morgan fingerprint density at radius 2 is 1.89 bits per heavy atom. The first-order valence-electron chi connectivity index (χ1n) is 5.74. The topological polar surface area (TPSA) is 50.5 Å². The minimum atomic E-state index is -3.58. The second kappa shape index (κ2) is 5.54. The van der Waals surface area contributed by atoms with Gasteiger partial charge in [0.25, 0.3) is 0 Å². The lowest BCUT2D eigenvalue weighted by molar-refractivity contribution is 0.441. The first kappa shape index (κ1) is 13.8. The Hall–Kier alpha value is -1.66. The van der Waals surface area contributed by atoms with Crippen molar-refractivity contribution in [2.45, 2.75) is 11.3 Å². The number of sulfonamides is 1. The molecule has 0 aliphatic carbocycles. The average Bonchev–Trinajstić information content (AvgIpc) is 2.89. The van der Waals surface area contributed by atoms with Gasteiger partial charge >= 0.3 is 0 Å². The van der Waals surface area contributed by atoms with Gasteiger partial charge in [-0.05, 0) is 36.4 Å². The lowest BCUT2D eigenvalue weighted by Crippen LogP contribution is -2.29. The zero-order valence-electron chi connectivity index (χ0n) is 10.4. The van der Waals surface area contributed by atoms with E-state index < -0.39 is 15.8 Å². The summed E-state index contributed by atoms with van der Waals surface area (Å²) >= 11 is 0. The molecule has 0 spiro atoms. The maximum Gasteiger partial charge on any atom is 0.242 e. The first-order valence-corrected chi connectivity index (χ1v) is 7.18. The summed E-state index contributed by atoms with van der Waals surface area (Å²) in [4.78, 5) is 0.0795. The van der Waals surface area contributed by atoms with E-state index in [-0.39, 0.29) is 4.90 Å². The molecule has 19 heavy (non-hydrogen) atoms. The van der Waals surface area contributed by atoms with Crippen molar-refractivity contribution in [1.29, 1.82) is 0 Å². The lowest BCUT2D eigenvalue weighted by Gasteiger charge is -2.16. The van der Waals surface area contributed by atoms with Gasteiger partial charge in [0, 0.05) is 20.0 Å². The van der Waals surface area contributed by atoms with Crippen LogP contribution >= 0.6 is 0 Å². The van der Waals surface area contributed by atoms with Gasteiger partial charge in [-0.15, -0.1) is 0 Å². The summed E-state index contributed by atoms with van der Waals surface area (Å²) in [7, 11) is -2.10. The maximum atomic E-state index is 12.8. The predicted octanol–water partition coefficient (Wildman–Crippen LogP) is 2.28. The Bertz CT molecular complexity index is 620. The molecule has 1 aromatic heterocycles. The van der Waals surface area contributed by atoms with Crippen LogP contribution in [0.5, 0.6) is 0 Å². The van der Waals surface area contributed by atoms with Crippen molar-refractivity contribution in [3.63, 3.8) is 0 Å². The lowest BCUT2D eigenvalue weighted by atomic mass is 10.3. The Labute approximate surface area is 111 Å². The van der Waals surface area contributed by atoms with Gasteiger partial charge in [-0.25, -0.2) is 17.1 Å². The van der Waals surface area contributed by atoms with Crippen LogP contribution in [0.15, 0.2) is 52.0 Å². The van der Waals surface area contributed by atoms with Gasteiger partial charge in [0.2, 0.25) is 10.0 Å². The van der Waals surface area contributed by atoms with E-state index >= 15 is 0 Å². The third kappa shape index (κ3) is 3.21. The van der Waals surface area contributed by atoms with Crippen LogP contribution < -0.4 is 0 Å². The molecule has 0 unspecified atom stereocenters. The van der Waals surface area contributed by atoms with E-state index in [0.29, 0.717) is 13.0 Å². The summed E-state index contributed by atoms with van der Waals surface area (Å²) in [5, 5.41) is 0. The fourth-order valence-electron chi connectivity index (χ4n) is 1.63. The molecule has 6 heteroatoms. The number of rotatable bonds is 5. The van der Waals surface area contributed by atoms with E-state index in [1.165, 1.54) is 23.5 Å². The van der Waals surface area contributed by atoms with Gasteiger partial charge in [-0.3, -0.25) is 0 Å². The number of hydrogen-bond donors (Lipinski definition) is 0. The van der Waals surface area contributed by atoms with Crippen molar-refractivity contribution in [1.82, 2.24) is 4.31 Å². The Balaban J connectivity index is 2.08. The fourth-order valence-corrected chi connectivity index (χ4v) is 2.80. The van der Waals surface area contributed by atoms with Gasteiger partial charge in [-0.1, -0.05) is 0 Å². The number of halogens is 1. The van der Waals surface area contributed by atoms with E-state index in [2.05, 4.69) is 0 Å². The van der Waals surface area contributed by atoms with Gasteiger partial charge in [-0.2, -0.15) is 0 Å². The summed E-state index contributed by atoms with van der Waals surface area (Å²) in [5.74, 6) is 0.262. The van der Waals surface area contributed by atoms with Gasteiger partial charge in [0.05, 0.1) is 11.2 Å². The summed E-state index contributed by atoms with van der Waals surface area (Å²) in [6, 6.07) is 8.32. The molecule has 0 amide bonds. The predicted molar refractivity (Wildman–Crippen MR) is 68.6 cm³/mol. The number of hydrogen-bond acceptors (Lipinski definition) is 3. The zero-order valence-corrected chi connectivity index (χ0v) is 11.2. The Morgan fingerprint density at radius 1 is 1.21 bits per heavy atom. The van der Waals surface area contributed by atoms with Crippen molar-refractivity contribution in [3.05, 3.63) is 54.2 Å². The van der Waals surface area contributed by atoms with E-state index in [1.54, 1.807) is 18.4 Å². The van der Waals surface area contributed by atoms with Gasteiger partial charge < -0.3 is 4.42 Å². The summed E-state index contributed by atoms with van der Waals surface area (Å²) in [6.45, 7) is 0.299. The number of benzene rings is 1. The SMILES string of the molecule is CN(CCc1ccco1)S(=O)(=O)c1ccc(F)cc1. The van der Waals surface area contributed by atoms with Crippen molar-refractivity contribution in [3.8, 4) is 0 Å². The van der Waals surface area contributed by atoms with Gasteiger partial charge in [0.1, 0.15) is 11.6 Å². The van der Waals surface area contributed by atoms with Gasteiger partial charge in [0.15, 0.2) is 0 Å². The van der Waals surface area contributed by atoms with Crippen molar-refractivity contribution >= 4 is 10.0 Å². The highest BCUT2D eigenvalue weighted by atomic mass is 32.2. The first-order chi connectivity index (χ1) is 9.00. The number of likely N-dealkylation sites (N-methyl/N-ethyl adjacent to an activating group) is 1. The Morgan fingerprint density at radius 3 is 2.47 bits per heavy atom. The number of furan rings is 1. The summed E-state index contributed by atoms with van der Waals surface area (Å²) in [6.07, 6.45) is 2.04. The molecule has 0 aliphatic heterocycles. The third-order valence-corrected chi connectivity index (χ3v) is 4.65.